The van der Waals surface area contributed by atoms with E-state index >= 15 is 0 Å². The van der Waals surface area contributed by atoms with Gasteiger partial charge in [0.1, 0.15) is 0 Å². The van der Waals surface area contributed by atoms with Gasteiger partial charge in [-0.05, 0) is 53.0 Å². The van der Waals surface area contributed by atoms with Crippen LogP contribution in [0.2, 0.25) is 0 Å². The van der Waals surface area contributed by atoms with Gasteiger partial charge in [-0.1, -0.05) is 36.4 Å². The van der Waals surface area contributed by atoms with E-state index in [1.54, 1.807) is 0 Å². The highest BCUT2D eigenvalue weighted by molar-refractivity contribution is 9.10. The van der Waals surface area contributed by atoms with Gasteiger partial charge in [0.05, 0.1) is 12.1 Å². The maximum Gasteiger partial charge on any atom is 0.0831 e. The van der Waals surface area contributed by atoms with E-state index in [-0.39, 0.29) is 6.61 Å². The van der Waals surface area contributed by atoms with Crippen molar-refractivity contribution in [3.63, 3.8) is 0 Å². The monoisotopic (exact) mass is 319 g/mol. The maximum atomic E-state index is 9.84. The fourth-order valence-corrected chi connectivity index (χ4v) is 2.63. The Bertz CT molecular complexity index is 570. The third kappa shape index (κ3) is 2.99. The number of hydrogen-bond donors (Lipinski definition) is 2. The Hall–Kier alpha value is -1.32. The third-order valence-corrected chi connectivity index (χ3v) is 4.03. The third-order valence-electron chi connectivity index (χ3n) is 3.34. The van der Waals surface area contributed by atoms with E-state index in [0.717, 1.165) is 15.7 Å². The molecule has 0 saturated heterocycles. The molecule has 0 aliphatic rings. The SMILES string of the molecule is Cc1ccccc1C(C)(CO)Nc1ccccc1Br. The molecule has 2 nitrogen and oxygen atoms in total. The molecule has 0 heterocycles. The minimum atomic E-state index is -0.505. The van der Waals surface area contributed by atoms with Gasteiger partial charge in [-0.3, -0.25) is 0 Å². The van der Waals surface area contributed by atoms with Crippen molar-refractivity contribution in [3.8, 4) is 0 Å². The minimum absolute atomic E-state index is 0.0270. The van der Waals surface area contributed by atoms with Crippen LogP contribution in [0.4, 0.5) is 5.69 Å². The minimum Gasteiger partial charge on any atom is -0.394 e. The lowest BCUT2D eigenvalue weighted by molar-refractivity contribution is 0.223. The van der Waals surface area contributed by atoms with E-state index < -0.39 is 5.54 Å². The smallest absolute Gasteiger partial charge is 0.0831 e. The quantitative estimate of drug-likeness (QED) is 0.890. The van der Waals surface area contributed by atoms with E-state index in [0.29, 0.717) is 0 Å². The van der Waals surface area contributed by atoms with Crippen LogP contribution >= 0.6 is 15.9 Å². The number of hydrogen-bond acceptors (Lipinski definition) is 2. The Labute approximate surface area is 122 Å². The predicted octanol–water partition coefficient (Wildman–Crippen LogP) is 4.08. The summed E-state index contributed by atoms with van der Waals surface area (Å²) in [6, 6.07) is 16.0. The van der Waals surface area contributed by atoms with Crippen molar-refractivity contribution in [2.24, 2.45) is 0 Å². The molecule has 2 N–H and O–H groups in total. The molecule has 0 amide bonds. The van der Waals surface area contributed by atoms with E-state index in [1.165, 1.54) is 5.56 Å². The highest BCUT2D eigenvalue weighted by Crippen LogP contribution is 2.31. The average Bonchev–Trinajstić information content (AvgIpc) is 2.42. The molecule has 0 aromatic heterocycles. The molecule has 2 rings (SSSR count). The molecular formula is C16H18BrNO. The summed E-state index contributed by atoms with van der Waals surface area (Å²) in [4.78, 5) is 0. The van der Waals surface area contributed by atoms with E-state index in [2.05, 4.69) is 40.3 Å². The van der Waals surface area contributed by atoms with Crippen molar-refractivity contribution in [3.05, 3.63) is 64.1 Å². The number of halogens is 1. The molecule has 1 unspecified atom stereocenters. The Morgan fingerprint density at radius 2 is 1.74 bits per heavy atom. The van der Waals surface area contributed by atoms with E-state index in [4.69, 9.17) is 0 Å². The summed E-state index contributed by atoms with van der Waals surface area (Å²) in [7, 11) is 0. The number of aliphatic hydroxyl groups is 1. The maximum absolute atomic E-state index is 9.84. The lowest BCUT2D eigenvalue weighted by atomic mass is 9.89. The lowest BCUT2D eigenvalue weighted by Gasteiger charge is -2.32. The van der Waals surface area contributed by atoms with Gasteiger partial charge in [-0.15, -0.1) is 0 Å². The molecule has 0 fully saturated rings. The number of aliphatic hydroxyl groups excluding tert-OH is 1. The molecule has 0 saturated carbocycles. The highest BCUT2D eigenvalue weighted by Gasteiger charge is 2.27. The van der Waals surface area contributed by atoms with Crippen molar-refractivity contribution in [1.29, 1.82) is 0 Å². The first-order valence-corrected chi connectivity index (χ1v) is 7.06. The zero-order valence-corrected chi connectivity index (χ0v) is 12.7. The molecule has 0 spiro atoms. The summed E-state index contributed by atoms with van der Waals surface area (Å²) < 4.78 is 0.989. The van der Waals surface area contributed by atoms with Crippen LogP contribution in [-0.2, 0) is 5.54 Å². The molecule has 2 aromatic carbocycles. The van der Waals surface area contributed by atoms with Gasteiger partial charge in [0, 0.05) is 10.2 Å². The van der Waals surface area contributed by atoms with Crippen molar-refractivity contribution >= 4 is 21.6 Å². The summed E-state index contributed by atoms with van der Waals surface area (Å²) in [5, 5.41) is 13.3. The molecule has 2 aromatic rings. The van der Waals surface area contributed by atoms with Crippen LogP contribution in [0.1, 0.15) is 18.1 Å². The summed E-state index contributed by atoms with van der Waals surface area (Å²) in [5.41, 5.74) is 2.74. The van der Waals surface area contributed by atoms with Crippen molar-refractivity contribution in [1.82, 2.24) is 0 Å². The number of benzene rings is 2. The Morgan fingerprint density at radius 1 is 1.11 bits per heavy atom. The van der Waals surface area contributed by atoms with E-state index in [9.17, 15) is 5.11 Å². The lowest BCUT2D eigenvalue weighted by Crippen LogP contribution is -2.36. The number of rotatable bonds is 4. The highest BCUT2D eigenvalue weighted by atomic mass is 79.9. The molecule has 0 bridgehead atoms. The van der Waals surface area contributed by atoms with Crippen molar-refractivity contribution in [2.75, 3.05) is 11.9 Å². The van der Waals surface area contributed by atoms with Gasteiger partial charge < -0.3 is 10.4 Å². The normalized spacial score (nSPS) is 13.9. The van der Waals surface area contributed by atoms with Crippen LogP contribution in [0, 0.1) is 6.92 Å². The van der Waals surface area contributed by atoms with Gasteiger partial charge in [0.2, 0.25) is 0 Å². The molecule has 0 aliphatic heterocycles. The van der Waals surface area contributed by atoms with E-state index in [1.807, 2.05) is 43.3 Å². The van der Waals surface area contributed by atoms with Gasteiger partial charge in [0.15, 0.2) is 0 Å². The number of aryl methyl sites for hydroxylation is 1. The zero-order valence-electron chi connectivity index (χ0n) is 11.2. The van der Waals surface area contributed by atoms with Crippen LogP contribution < -0.4 is 5.32 Å². The van der Waals surface area contributed by atoms with Gasteiger partial charge in [-0.25, -0.2) is 0 Å². The molecule has 100 valence electrons. The number of anilines is 1. The number of nitrogens with one attached hydrogen (secondary N) is 1. The van der Waals surface area contributed by atoms with Crippen molar-refractivity contribution < 1.29 is 5.11 Å². The zero-order chi connectivity index (χ0) is 13.9. The van der Waals surface area contributed by atoms with Gasteiger partial charge >= 0.3 is 0 Å². The van der Waals surface area contributed by atoms with Crippen LogP contribution in [-0.4, -0.2) is 11.7 Å². The van der Waals surface area contributed by atoms with Crippen LogP contribution in [0.5, 0.6) is 0 Å². The van der Waals surface area contributed by atoms with Crippen LogP contribution in [0.3, 0.4) is 0 Å². The summed E-state index contributed by atoms with van der Waals surface area (Å²) in [5.74, 6) is 0. The topological polar surface area (TPSA) is 32.3 Å². The summed E-state index contributed by atoms with van der Waals surface area (Å²) >= 11 is 3.53. The van der Waals surface area contributed by atoms with Gasteiger partial charge in [0.25, 0.3) is 0 Å². The Morgan fingerprint density at radius 3 is 2.37 bits per heavy atom. The summed E-state index contributed by atoms with van der Waals surface area (Å²) in [6.45, 7) is 4.10. The van der Waals surface area contributed by atoms with Crippen LogP contribution in [0.15, 0.2) is 53.0 Å². The van der Waals surface area contributed by atoms with Crippen LogP contribution in [0.25, 0.3) is 0 Å². The second kappa shape index (κ2) is 5.76. The first-order chi connectivity index (χ1) is 9.07. The molecule has 1 atom stereocenters. The molecule has 0 aliphatic carbocycles. The molecule has 0 radical (unpaired) electrons. The first kappa shape index (κ1) is 14.1. The molecule has 19 heavy (non-hydrogen) atoms. The van der Waals surface area contributed by atoms with Crippen molar-refractivity contribution in [2.45, 2.75) is 19.4 Å². The molecular weight excluding hydrogens is 302 g/mol. The summed E-state index contributed by atoms with van der Waals surface area (Å²) in [6.07, 6.45) is 0. The standard InChI is InChI=1S/C16H18BrNO/c1-12-7-3-4-8-13(12)16(2,11-19)18-15-10-6-5-9-14(15)17/h3-10,18-19H,11H2,1-2H3. The van der Waals surface area contributed by atoms with Gasteiger partial charge in [-0.2, -0.15) is 0 Å². The predicted molar refractivity (Wildman–Crippen MR) is 83.4 cm³/mol. The fraction of sp³-hybridized carbons (Fsp3) is 0.250. The second-order valence-electron chi connectivity index (χ2n) is 4.91. The molecule has 3 heteroatoms. The first-order valence-electron chi connectivity index (χ1n) is 6.26. The Balaban J connectivity index is 2.39. The largest absolute Gasteiger partial charge is 0.394 e. The Kier molecular flexibility index (Phi) is 4.27. The fourth-order valence-electron chi connectivity index (χ4n) is 2.24. The average molecular weight is 320 g/mol. The second-order valence-corrected chi connectivity index (χ2v) is 5.76. The number of para-hydroxylation sites is 1.